The Kier molecular flexibility index (Phi) is 3.72. The van der Waals surface area contributed by atoms with Gasteiger partial charge in [0.2, 0.25) is 0 Å². The zero-order valence-electron chi connectivity index (χ0n) is 9.00. The molecule has 4 heteroatoms. The molecule has 1 aromatic carbocycles. The van der Waals surface area contributed by atoms with E-state index in [1.54, 1.807) is 19.2 Å². The monoisotopic (exact) mass is 227 g/mol. The minimum absolute atomic E-state index is 0.117. The Bertz CT molecular complexity index is 390. The summed E-state index contributed by atoms with van der Waals surface area (Å²) in [5.74, 6) is 0.479. The average molecular weight is 228 g/mol. The summed E-state index contributed by atoms with van der Waals surface area (Å²) < 4.78 is 5.16. The minimum atomic E-state index is -0.682. The van der Waals surface area contributed by atoms with Gasteiger partial charge in [-0.15, -0.1) is 0 Å². The van der Waals surface area contributed by atoms with E-state index < -0.39 is 6.04 Å². The van der Waals surface area contributed by atoms with E-state index >= 15 is 0 Å². The van der Waals surface area contributed by atoms with Crippen molar-refractivity contribution in [3.05, 3.63) is 28.3 Å². The summed E-state index contributed by atoms with van der Waals surface area (Å²) in [4.78, 5) is 11.2. The van der Waals surface area contributed by atoms with Crippen LogP contribution in [-0.4, -0.2) is 12.9 Å². The number of hydrogen-bond donors (Lipinski definition) is 1. The van der Waals surface area contributed by atoms with Gasteiger partial charge in [-0.3, -0.25) is 4.79 Å². The van der Waals surface area contributed by atoms with Crippen molar-refractivity contribution in [1.82, 2.24) is 0 Å². The Morgan fingerprint density at radius 1 is 1.53 bits per heavy atom. The molecule has 0 heterocycles. The Hall–Kier alpha value is -1.06. The summed E-state index contributed by atoms with van der Waals surface area (Å²) in [5.41, 5.74) is 7.27. The number of halogens is 1. The third kappa shape index (κ3) is 2.49. The second-order valence-electron chi connectivity index (χ2n) is 3.43. The van der Waals surface area contributed by atoms with Crippen molar-refractivity contribution >= 4 is 17.4 Å². The Labute approximate surface area is 94.2 Å². The first-order valence-electron chi connectivity index (χ1n) is 4.57. The lowest BCUT2D eigenvalue weighted by Gasteiger charge is -2.14. The molecule has 0 aliphatic rings. The van der Waals surface area contributed by atoms with Gasteiger partial charge in [0.1, 0.15) is 5.75 Å². The molecule has 0 saturated carbocycles. The summed E-state index contributed by atoms with van der Waals surface area (Å²) >= 11 is 5.97. The first-order valence-corrected chi connectivity index (χ1v) is 4.95. The lowest BCUT2D eigenvalue weighted by atomic mass is 10.0. The van der Waals surface area contributed by atoms with Crippen LogP contribution in [0.25, 0.3) is 0 Å². The van der Waals surface area contributed by atoms with E-state index in [0.29, 0.717) is 16.3 Å². The summed E-state index contributed by atoms with van der Waals surface area (Å²) in [6.45, 7) is 3.31. The summed E-state index contributed by atoms with van der Waals surface area (Å²) in [5, 5.41) is 0.586. The quantitative estimate of drug-likeness (QED) is 0.862. The number of carbonyl (C=O) groups excluding carboxylic acids is 1. The van der Waals surface area contributed by atoms with Crippen LogP contribution in [-0.2, 0) is 4.79 Å². The number of nitrogens with two attached hydrogens (primary N) is 1. The average Bonchev–Trinajstić information content (AvgIpc) is 2.20. The Morgan fingerprint density at radius 2 is 2.13 bits per heavy atom. The lowest BCUT2D eigenvalue weighted by molar-refractivity contribution is -0.118. The van der Waals surface area contributed by atoms with Crippen LogP contribution in [0.15, 0.2) is 12.1 Å². The first-order chi connectivity index (χ1) is 6.97. The van der Waals surface area contributed by atoms with Crippen LogP contribution in [0.2, 0.25) is 5.02 Å². The highest BCUT2D eigenvalue weighted by Crippen LogP contribution is 2.30. The van der Waals surface area contributed by atoms with Gasteiger partial charge in [-0.05, 0) is 31.5 Å². The van der Waals surface area contributed by atoms with Crippen molar-refractivity contribution in [1.29, 1.82) is 0 Å². The van der Waals surface area contributed by atoms with Crippen molar-refractivity contribution < 1.29 is 9.53 Å². The van der Waals surface area contributed by atoms with E-state index in [-0.39, 0.29) is 5.78 Å². The second kappa shape index (κ2) is 4.64. The van der Waals surface area contributed by atoms with Gasteiger partial charge in [0.15, 0.2) is 5.78 Å². The zero-order valence-corrected chi connectivity index (χ0v) is 9.76. The fourth-order valence-electron chi connectivity index (χ4n) is 1.31. The van der Waals surface area contributed by atoms with Crippen molar-refractivity contribution in [3.63, 3.8) is 0 Å². The number of hydrogen-bond acceptors (Lipinski definition) is 3. The molecule has 0 bridgehead atoms. The van der Waals surface area contributed by atoms with Gasteiger partial charge >= 0.3 is 0 Å². The number of ketones is 1. The highest BCUT2D eigenvalue weighted by atomic mass is 35.5. The van der Waals surface area contributed by atoms with Crippen molar-refractivity contribution in [2.75, 3.05) is 7.11 Å². The number of carbonyl (C=O) groups is 1. The molecule has 1 aromatic rings. The third-order valence-electron chi connectivity index (χ3n) is 2.28. The molecular weight excluding hydrogens is 214 g/mol. The zero-order chi connectivity index (χ0) is 11.6. The molecule has 2 N–H and O–H groups in total. The van der Waals surface area contributed by atoms with E-state index in [4.69, 9.17) is 22.1 Å². The van der Waals surface area contributed by atoms with Crippen LogP contribution >= 0.6 is 11.6 Å². The molecular formula is C11H14ClNO2. The van der Waals surface area contributed by atoms with E-state index in [2.05, 4.69) is 0 Å². The lowest BCUT2D eigenvalue weighted by Crippen LogP contribution is -2.19. The maximum Gasteiger partial charge on any atom is 0.151 e. The van der Waals surface area contributed by atoms with Crippen LogP contribution in [0.3, 0.4) is 0 Å². The molecule has 0 saturated heterocycles. The van der Waals surface area contributed by atoms with Gasteiger partial charge in [-0.2, -0.15) is 0 Å². The summed E-state index contributed by atoms with van der Waals surface area (Å²) in [7, 11) is 1.54. The number of Topliss-reactive ketones (excluding diaryl/α,β-unsaturated/α-hetero) is 1. The molecule has 82 valence electrons. The van der Waals surface area contributed by atoms with Crippen LogP contribution in [0.4, 0.5) is 0 Å². The van der Waals surface area contributed by atoms with Gasteiger partial charge in [-0.25, -0.2) is 0 Å². The minimum Gasteiger partial charge on any atom is -0.496 e. The Balaban J connectivity index is 3.27. The van der Waals surface area contributed by atoms with Gasteiger partial charge < -0.3 is 10.5 Å². The molecule has 1 atom stereocenters. The fraction of sp³-hybridized carbons (Fsp3) is 0.364. The standard InChI is InChI=1S/C11H14ClNO2/c1-6-4-10(15-3)8(5-9(6)12)11(13)7(2)14/h4-5,11H,13H2,1-3H3. The number of aryl methyl sites for hydroxylation is 1. The maximum absolute atomic E-state index is 11.2. The van der Waals surface area contributed by atoms with Gasteiger partial charge in [0.05, 0.1) is 13.2 Å². The fourth-order valence-corrected chi connectivity index (χ4v) is 1.48. The predicted molar refractivity (Wildman–Crippen MR) is 60.4 cm³/mol. The van der Waals surface area contributed by atoms with E-state index in [1.807, 2.05) is 6.92 Å². The van der Waals surface area contributed by atoms with Crippen molar-refractivity contribution in [3.8, 4) is 5.75 Å². The van der Waals surface area contributed by atoms with Gasteiger partial charge in [0, 0.05) is 10.6 Å². The molecule has 0 amide bonds. The summed E-state index contributed by atoms with van der Waals surface area (Å²) in [6.07, 6.45) is 0. The van der Waals surface area contributed by atoms with E-state index in [1.165, 1.54) is 6.92 Å². The van der Waals surface area contributed by atoms with E-state index in [9.17, 15) is 4.79 Å². The number of benzene rings is 1. The predicted octanol–water partition coefficient (Wildman–Crippen LogP) is 2.25. The first kappa shape index (κ1) is 12.0. The highest BCUT2D eigenvalue weighted by molar-refractivity contribution is 6.31. The topological polar surface area (TPSA) is 52.3 Å². The molecule has 1 rings (SSSR count). The number of rotatable bonds is 3. The van der Waals surface area contributed by atoms with E-state index in [0.717, 1.165) is 5.56 Å². The molecule has 0 spiro atoms. The normalized spacial score (nSPS) is 12.3. The van der Waals surface area contributed by atoms with Crippen molar-refractivity contribution in [2.45, 2.75) is 19.9 Å². The maximum atomic E-state index is 11.2. The second-order valence-corrected chi connectivity index (χ2v) is 3.84. The molecule has 1 unspecified atom stereocenters. The van der Waals surface area contributed by atoms with Crippen LogP contribution in [0.5, 0.6) is 5.75 Å². The molecule has 0 fully saturated rings. The molecule has 0 aromatic heterocycles. The Morgan fingerprint density at radius 3 is 2.60 bits per heavy atom. The summed E-state index contributed by atoms with van der Waals surface area (Å²) in [6, 6.07) is 2.78. The smallest absolute Gasteiger partial charge is 0.151 e. The third-order valence-corrected chi connectivity index (χ3v) is 2.69. The molecule has 0 radical (unpaired) electrons. The highest BCUT2D eigenvalue weighted by Gasteiger charge is 2.17. The molecule has 15 heavy (non-hydrogen) atoms. The van der Waals surface area contributed by atoms with Crippen LogP contribution in [0.1, 0.15) is 24.1 Å². The SMILES string of the molecule is COc1cc(C)c(Cl)cc1C(N)C(C)=O. The van der Waals surface area contributed by atoms with Crippen LogP contribution < -0.4 is 10.5 Å². The van der Waals surface area contributed by atoms with Gasteiger partial charge in [0.25, 0.3) is 0 Å². The molecule has 0 aliphatic heterocycles. The molecule has 0 aliphatic carbocycles. The largest absolute Gasteiger partial charge is 0.496 e. The van der Waals surface area contributed by atoms with Crippen LogP contribution in [0, 0.1) is 6.92 Å². The number of ether oxygens (including phenoxy) is 1. The van der Waals surface area contributed by atoms with Crippen molar-refractivity contribution in [2.24, 2.45) is 5.73 Å². The van der Waals surface area contributed by atoms with Gasteiger partial charge in [-0.1, -0.05) is 11.6 Å². The number of methoxy groups -OCH3 is 1. The molecule has 3 nitrogen and oxygen atoms in total.